The Balaban J connectivity index is 5.67. The van der Waals surface area contributed by atoms with Gasteiger partial charge in [0, 0.05) is 12.8 Å². The van der Waals surface area contributed by atoms with E-state index in [0.29, 0.717) is 0 Å². The molecule has 0 bridgehead atoms. The molecule has 17 nitrogen and oxygen atoms in total. The highest BCUT2D eigenvalue weighted by Gasteiger charge is 2.31. The molecule has 0 spiro atoms. The second-order valence-electron chi connectivity index (χ2n) is 7.19. The summed E-state index contributed by atoms with van der Waals surface area (Å²) in [5.41, 5.74) is 5.40. The Labute approximate surface area is 196 Å². The highest BCUT2D eigenvalue weighted by molar-refractivity contribution is 5.95. The minimum absolute atomic E-state index is 0.531. The number of amides is 3. The third-order valence-electron chi connectivity index (χ3n) is 4.28. The minimum atomic E-state index is -1.92. The van der Waals surface area contributed by atoms with E-state index in [9.17, 15) is 38.4 Å². The van der Waals surface area contributed by atoms with Crippen LogP contribution in [0.3, 0.4) is 0 Å². The van der Waals surface area contributed by atoms with Gasteiger partial charge in [0.15, 0.2) is 0 Å². The molecular weight excluding hydrogens is 480 g/mol. The van der Waals surface area contributed by atoms with Gasteiger partial charge in [0.25, 0.3) is 0 Å². The van der Waals surface area contributed by atoms with E-state index in [1.54, 1.807) is 0 Å². The molecule has 0 rings (SSSR count). The average molecular weight is 506 g/mol. The summed E-state index contributed by atoms with van der Waals surface area (Å²) < 4.78 is 0. The fourth-order valence-electron chi connectivity index (χ4n) is 2.55. The summed E-state index contributed by atoms with van der Waals surface area (Å²) in [5, 5.41) is 50.2. The third kappa shape index (κ3) is 13.1. The second kappa shape index (κ2) is 14.8. The number of hydrogen-bond donors (Lipinski definition) is 9. The van der Waals surface area contributed by atoms with Crippen LogP contribution in [-0.2, 0) is 38.4 Å². The predicted molar refractivity (Wildman–Crippen MR) is 110 cm³/mol. The number of aliphatic carboxylic acids is 5. The molecule has 0 fully saturated rings. The van der Waals surface area contributed by atoms with Crippen LogP contribution in [0.2, 0.25) is 0 Å². The van der Waals surface area contributed by atoms with Gasteiger partial charge in [-0.15, -0.1) is 0 Å². The molecule has 0 radical (unpaired) electrons. The summed E-state index contributed by atoms with van der Waals surface area (Å²) in [6.07, 6.45) is -4.30. The summed E-state index contributed by atoms with van der Waals surface area (Å²) in [5.74, 6) is -11.0. The van der Waals surface area contributed by atoms with Gasteiger partial charge in [0.1, 0.15) is 18.1 Å². The van der Waals surface area contributed by atoms with Crippen LogP contribution in [0.25, 0.3) is 0 Å². The standard InChI is InChI=1S/C18H26N4O13/c19-7(5-13(27)28)15(31)20-8(1-3-11(23)24)16(32)21-9(2-4-12(25)26)17(33)22-10(18(34)35)6-14(29)30/h7-10H,1-6,19H2,(H,20,31)(H,21,32)(H,22,33)(H,23,24)(H,25,26)(H,27,28)(H,29,30)(H,34,35). The number of carboxylic acid groups (broad SMARTS) is 5. The number of carboxylic acids is 5. The van der Waals surface area contributed by atoms with Gasteiger partial charge in [-0.1, -0.05) is 0 Å². The number of carbonyl (C=O) groups is 8. The van der Waals surface area contributed by atoms with Gasteiger partial charge >= 0.3 is 29.8 Å². The number of nitrogens with one attached hydrogen (secondary N) is 3. The van der Waals surface area contributed by atoms with E-state index in [0.717, 1.165) is 0 Å². The summed E-state index contributed by atoms with van der Waals surface area (Å²) in [6, 6.07) is -6.88. The zero-order valence-electron chi connectivity index (χ0n) is 18.1. The van der Waals surface area contributed by atoms with Crippen molar-refractivity contribution in [1.29, 1.82) is 0 Å². The van der Waals surface area contributed by atoms with Crippen LogP contribution < -0.4 is 21.7 Å². The van der Waals surface area contributed by atoms with Crippen LogP contribution >= 0.6 is 0 Å². The van der Waals surface area contributed by atoms with Gasteiger partial charge in [-0.3, -0.25) is 33.6 Å². The van der Waals surface area contributed by atoms with Crippen molar-refractivity contribution in [2.24, 2.45) is 5.73 Å². The molecule has 10 N–H and O–H groups in total. The van der Waals surface area contributed by atoms with Crippen LogP contribution in [0.15, 0.2) is 0 Å². The first-order chi connectivity index (χ1) is 16.1. The van der Waals surface area contributed by atoms with Gasteiger partial charge in [0.05, 0.1) is 18.9 Å². The Bertz CT molecular complexity index is 859. The van der Waals surface area contributed by atoms with Crippen molar-refractivity contribution in [3.63, 3.8) is 0 Å². The largest absolute Gasteiger partial charge is 0.481 e. The van der Waals surface area contributed by atoms with Crippen LogP contribution in [0.1, 0.15) is 38.5 Å². The smallest absolute Gasteiger partial charge is 0.326 e. The van der Waals surface area contributed by atoms with Crippen molar-refractivity contribution >= 4 is 47.6 Å². The van der Waals surface area contributed by atoms with E-state index in [4.69, 9.17) is 31.3 Å². The van der Waals surface area contributed by atoms with Crippen LogP contribution in [0.4, 0.5) is 0 Å². The van der Waals surface area contributed by atoms with E-state index >= 15 is 0 Å². The van der Waals surface area contributed by atoms with Crippen LogP contribution in [0, 0.1) is 0 Å². The number of carbonyl (C=O) groups excluding carboxylic acids is 3. The van der Waals surface area contributed by atoms with Crippen molar-refractivity contribution in [3.05, 3.63) is 0 Å². The lowest BCUT2D eigenvalue weighted by atomic mass is 10.1. The second-order valence-corrected chi connectivity index (χ2v) is 7.19. The molecule has 0 aromatic heterocycles. The normalized spacial score (nSPS) is 13.9. The SMILES string of the molecule is NC(CC(=O)O)C(=O)NC(CCC(=O)O)C(=O)NC(CCC(=O)O)C(=O)NC(CC(=O)O)C(=O)O. The van der Waals surface area contributed by atoms with Crippen molar-refractivity contribution in [2.75, 3.05) is 0 Å². The van der Waals surface area contributed by atoms with Crippen molar-refractivity contribution < 1.29 is 63.9 Å². The Hall–Kier alpha value is -4.28. The lowest BCUT2D eigenvalue weighted by molar-refractivity contribution is -0.147. The van der Waals surface area contributed by atoms with Crippen molar-refractivity contribution in [3.8, 4) is 0 Å². The molecule has 4 unspecified atom stereocenters. The molecule has 0 heterocycles. The van der Waals surface area contributed by atoms with E-state index in [2.05, 4.69) is 5.32 Å². The van der Waals surface area contributed by atoms with Crippen LogP contribution in [-0.4, -0.2) is 97.3 Å². The van der Waals surface area contributed by atoms with Crippen LogP contribution in [0.5, 0.6) is 0 Å². The average Bonchev–Trinajstić information content (AvgIpc) is 2.71. The predicted octanol–water partition coefficient (Wildman–Crippen LogP) is -3.47. The molecule has 0 saturated carbocycles. The monoisotopic (exact) mass is 506 g/mol. The Morgan fingerprint density at radius 1 is 0.543 bits per heavy atom. The molecule has 0 aliphatic carbocycles. The summed E-state index contributed by atoms with van der Waals surface area (Å²) in [6.45, 7) is 0. The van der Waals surface area contributed by atoms with Gasteiger partial charge in [-0.2, -0.15) is 0 Å². The molecule has 0 aromatic carbocycles. The first-order valence-corrected chi connectivity index (χ1v) is 9.90. The van der Waals surface area contributed by atoms with Gasteiger partial charge in [-0.25, -0.2) is 4.79 Å². The molecular formula is C18H26N4O13. The summed E-state index contributed by atoms with van der Waals surface area (Å²) in [4.78, 5) is 91.8. The first-order valence-electron chi connectivity index (χ1n) is 9.90. The maximum Gasteiger partial charge on any atom is 0.326 e. The Kier molecular flexibility index (Phi) is 13.0. The van der Waals surface area contributed by atoms with Crippen molar-refractivity contribution in [2.45, 2.75) is 62.7 Å². The maximum atomic E-state index is 12.7. The minimum Gasteiger partial charge on any atom is -0.481 e. The molecule has 0 saturated heterocycles. The summed E-state index contributed by atoms with van der Waals surface area (Å²) in [7, 11) is 0. The van der Waals surface area contributed by atoms with E-state index in [1.807, 2.05) is 10.6 Å². The zero-order chi connectivity index (χ0) is 27.3. The van der Waals surface area contributed by atoms with Crippen molar-refractivity contribution in [1.82, 2.24) is 16.0 Å². The van der Waals surface area contributed by atoms with Gasteiger partial charge in [-0.05, 0) is 12.8 Å². The molecule has 4 atom stereocenters. The molecule has 0 aromatic rings. The van der Waals surface area contributed by atoms with E-state index < -0.39 is 110 Å². The number of rotatable bonds is 17. The Morgan fingerprint density at radius 2 is 0.914 bits per heavy atom. The number of hydrogen-bond acceptors (Lipinski definition) is 9. The number of nitrogens with two attached hydrogens (primary N) is 1. The van der Waals surface area contributed by atoms with Gasteiger partial charge < -0.3 is 47.2 Å². The maximum absolute atomic E-state index is 12.7. The fourth-order valence-corrected chi connectivity index (χ4v) is 2.55. The van der Waals surface area contributed by atoms with E-state index in [1.165, 1.54) is 0 Å². The first kappa shape index (κ1) is 30.7. The molecule has 35 heavy (non-hydrogen) atoms. The molecule has 0 aliphatic heterocycles. The fraction of sp³-hybridized carbons (Fsp3) is 0.556. The zero-order valence-corrected chi connectivity index (χ0v) is 18.1. The third-order valence-corrected chi connectivity index (χ3v) is 4.28. The quantitative estimate of drug-likeness (QED) is 0.0926. The van der Waals surface area contributed by atoms with E-state index in [-0.39, 0.29) is 0 Å². The molecule has 0 aliphatic rings. The highest BCUT2D eigenvalue weighted by atomic mass is 16.4. The topological polar surface area (TPSA) is 300 Å². The lowest BCUT2D eigenvalue weighted by Gasteiger charge is -2.24. The molecule has 3 amide bonds. The molecule has 17 heteroatoms. The Morgan fingerprint density at radius 3 is 1.26 bits per heavy atom. The lowest BCUT2D eigenvalue weighted by Crippen LogP contribution is -2.57. The van der Waals surface area contributed by atoms with Gasteiger partial charge in [0.2, 0.25) is 17.7 Å². The summed E-state index contributed by atoms with van der Waals surface area (Å²) >= 11 is 0. The highest BCUT2D eigenvalue weighted by Crippen LogP contribution is 2.05. The molecule has 196 valence electrons.